The summed E-state index contributed by atoms with van der Waals surface area (Å²) in [7, 11) is 1.98. The maximum absolute atomic E-state index is 11.2. The van der Waals surface area contributed by atoms with E-state index in [1.807, 2.05) is 31.0 Å². The Bertz CT molecular complexity index is 842. The van der Waals surface area contributed by atoms with Crippen LogP contribution in [0.2, 0.25) is 0 Å². The molecule has 132 valence electrons. The van der Waals surface area contributed by atoms with Gasteiger partial charge >= 0.3 is 5.97 Å². The summed E-state index contributed by atoms with van der Waals surface area (Å²) in [5.74, 6) is -0.897. The Morgan fingerprint density at radius 1 is 1.16 bits per heavy atom. The van der Waals surface area contributed by atoms with E-state index in [0.29, 0.717) is 5.56 Å². The van der Waals surface area contributed by atoms with Crippen LogP contribution >= 0.6 is 11.3 Å². The summed E-state index contributed by atoms with van der Waals surface area (Å²) < 4.78 is 0. The van der Waals surface area contributed by atoms with Crippen molar-refractivity contribution in [1.82, 2.24) is 4.98 Å². The Hall–Kier alpha value is -2.14. The van der Waals surface area contributed by atoms with Crippen LogP contribution in [0.5, 0.6) is 0 Å². The van der Waals surface area contributed by atoms with Gasteiger partial charge in [-0.2, -0.15) is 0 Å². The minimum atomic E-state index is -0.897. The molecule has 4 nitrogen and oxygen atoms in total. The molecular weight excluding hydrogens is 332 g/mol. The zero-order valence-corrected chi connectivity index (χ0v) is 16.4. The topological polar surface area (TPSA) is 53.4 Å². The fourth-order valence-electron chi connectivity index (χ4n) is 3.10. The molecular formula is C20H24N2O2S. The summed E-state index contributed by atoms with van der Waals surface area (Å²) in [6.45, 7) is 10.6. The zero-order valence-electron chi connectivity index (χ0n) is 15.5. The fourth-order valence-corrected chi connectivity index (χ4v) is 4.40. The minimum absolute atomic E-state index is 0.0231. The van der Waals surface area contributed by atoms with Crippen molar-refractivity contribution in [2.24, 2.45) is 0 Å². The van der Waals surface area contributed by atoms with Gasteiger partial charge in [0.25, 0.3) is 0 Å². The van der Waals surface area contributed by atoms with Crippen LogP contribution in [-0.4, -0.2) is 23.1 Å². The molecule has 1 N–H and O–H groups in total. The molecule has 0 fully saturated rings. The van der Waals surface area contributed by atoms with E-state index < -0.39 is 5.97 Å². The number of hydrogen-bond donors (Lipinski definition) is 1. The number of carboxylic acid groups (broad SMARTS) is 1. The summed E-state index contributed by atoms with van der Waals surface area (Å²) in [5.41, 5.74) is 3.05. The van der Waals surface area contributed by atoms with Crippen molar-refractivity contribution in [1.29, 1.82) is 0 Å². The lowest BCUT2D eigenvalue weighted by atomic mass is 9.75. The first-order valence-electron chi connectivity index (χ1n) is 8.33. The number of anilines is 2. The minimum Gasteiger partial charge on any atom is -0.478 e. The molecule has 0 saturated heterocycles. The van der Waals surface area contributed by atoms with Crippen LogP contribution in [0.4, 0.5) is 10.8 Å². The molecule has 0 radical (unpaired) electrons. The Morgan fingerprint density at radius 2 is 1.80 bits per heavy atom. The second-order valence-electron chi connectivity index (χ2n) is 7.81. The van der Waals surface area contributed by atoms with Crippen molar-refractivity contribution in [3.63, 3.8) is 0 Å². The van der Waals surface area contributed by atoms with Crippen molar-refractivity contribution in [3.8, 4) is 0 Å². The van der Waals surface area contributed by atoms with Gasteiger partial charge in [0.1, 0.15) is 0 Å². The van der Waals surface area contributed by atoms with Crippen molar-refractivity contribution >= 4 is 28.1 Å². The van der Waals surface area contributed by atoms with E-state index in [9.17, 15) is 9.90 Å². The van der Waals surface area contributed by atoms with Gasteiger partial charge in [-0.05, 0) is 30.7 Å². The number of allylic oxidation sites excluding steroid dienone is 2. The van der Waals surface area contributed by atoms with Crippen LogP contribution < -0.4 is 4.90 Å². The summed E-state index contributed by atoms with van der Waals surface area (Å²) in [5, 5.41) is 10.1. The third kappa shape index (κ3) is 2.97. The lowest BCUT2D eigenvalue weighted by Gasteiger charge is -2.32. The van der Waals surface area contributed by atoms with Gasteiger partial charge in [0.15, 0.2) is 5.13 Å². The van der Waals surface area contributed by atoms with E-state index in [-0.39, 0.29) is 10.8 Å². The van der Waals surface area contributed by atoms with Crippen molar-refractivity contribution in [2.75, 3.05) is 11.9 Å². The van der Waals surface area contributed by atoms with Gasteiger partial charge < -0.3 is 10.0 Å². The molecule has 0 aliphatic heterocycles. The molecule has 25 heavy (non-hydrogen) atoms. The summed E-state index contributed by atoms with van der Waals surface area (Å²) in [6.07, 6.45) is 4.51. The van der Waals surface area contributed by atoms with Crippen LogP contribution in [0, 0.1) is 6.92 Å². The van der Waals surface area contributed by atoms with Crippen LogP contribution in [0.15, 0.2) is 30.4 Å². The Labute approximate surface area is 152 Å². The first kappa shape index (κ1) is 17.7. The average Bonchev–Trinajstić information content (AvgIpc) is 2.98. The van der Waals surface area contributed by atoms with Gasteiger partial charge in [-0.1, -0.05) is 39.8 Å². The number of aromatic nitrogens is 1. The molecule has 1 aromatic carbocycles. The quantitative estimate of drug-likeness (QED) is 0.783. The molecule has 1 aromatic heterocycles. The fraction of sp³-hybridized carbons (Fsp3) is 0.400. The lowest BCUT2D eigenvalue weighted by molar-refractivity contribution is 0.0696. The number of fused-ring (bicyclic) bond motifs is 1. The van der Waals surface area contributed by atoms with Gasteiger partial charge in [-0.25, -0.2) is 9.78 Å². The highest BCUT2D eigenvalue weighted by Gasteiger charge is 2.37. The van der Waals surface area contributed by atoms with Crippen LogP contribution in [0.25, 0.3) is 0 Å². The smallest absolute Gasteiger partial charge is 0.335 e. The summed E-state index contributed by atoms with van der Waals surface area (Å²) in [6, 6.07) is 5.40. The molecule has 0 saturated carbocycles. The van der Waals surface area contributed by atoms with Gasteiger partial charge in [-0.15, -0.1) is 11.3 Å². The molecule has 0 spiro atoms. The van der Waals surface area contributed by atoms with E-state index >= 15 is 0 Å². The van der Waals surface area contributed by atoms with Gasteiger partial charge in [-0.3, -0.25) is 0 Å². The monoisotopic (exact) mass is 356 g/mol. The maximum Gasteiger partial charge on any atom is 0.335 e. The number of aryl methyl sites for hydroxylation is 1. The Morgan fingerprint density at radius 3 is 2.36 bits per heavy atom. The zero-order chi connectivity index (χ0) is 18.6. The molecule has 5 heteroatoms. The van der Waals surface area contributed by atoms with E-state index in [2.05, 4.69) is 39.8 Å². The molecule has 1 aliphatic rings. The second-order valence-corrected chi connectivity index (χ2v) is 8.79. The van der Waals surface area contributed by atoms with Crippen molar-refractivity contribution in [2.45, 2.75) is 45.4 Å². The number of carboxylic acids is 1. The second kappa shape index (κ2) is 5.70. The van der Waals surface area contributed by atoms with Crippen LogP contribution in [0.3, 0.4) is 0 Å². The molecule has 0 atom stereocenters. The van der Waals surface area contributed by atoms with Crippen LogP contribution in [-0.2, 0) is 10.8 Å². The van der Waals surface area contributed by atoms with E-state index in [0.717, 1.165) is 22.1 Å². The molecule has 0 unspecified atom stereocenters. The first-order valence-corrected chi connectivity index (χ1v) is 9.14. The Kier molecular flexibility index (Phi) is 4.03. The van der Waals surface area contributed by atoms with Gasteiger partial charge in [0, 0.05) is 28.4 Å². The number of carbonyl (C=O) groups is 1. The van der Waals surface area contributed by atoms with Crippen LogP contribution in [0.1, 0.15) is 54.2 Å². The highest BCUT2D eigenvalue weighted by atomic mass is 32.1. The molecule has 1 aliphatic carbocycles. The maximum atomic E-state index is 11.2. The predicted molar refractivity (Wildman–Crippen MR) is 104 cm³/mol. The number of hydrogen-bond acceptors (Lipinski definition) is 4. The van der Waals surface area contributed by atoms with E-state index in [1.165, 1.54) is 4.88 Å². The number of rotatable bonds is 3. The SMILES string of the molecule is Cc1cc(N(C)c2nc3c(s2)C(C)(C)C=CC3(C)C)ccc1C(=O)O. The van der Waals surface area contributed by atoms with E-state index in [4.69, 9.17) is 4.98 Å². The molecule has 1 heterocycles. The number of aromatic carboxylic acids is 1. The summed E-state index contributed by atoms with van der Waals surface area (Å²) >= 11 is 1.71. The third-order valence-corrected chi connectivity index (χ3v) is 6.31. The highest BCUT2D eigenvalue weighted by Crippen LogP contribution is 2.46. The summed E-state index contributed by atoms with van der Waals surface area (Å²) in [4.78, 5) is 19.5. The Balaban J connectivity index is 2.03. The molecule has 0 amide bonds. The number of thiazole rings is 1. The van der Waals surface area contributed by atoms with Crippen molar-refractivity contribution in [3.05, 3.63) is 52.0 Å². The first-order chi connectivity index (χ1) is 11.5. The molecule has 3 rings (SSSR count). The largest absolute Gasteiger partial charge is 0.478 e. The molecule has 2 aromatic rings. The lowest BCUT2D eigenvalue weighted by Crippen LogP contribution is -2.27. The molecule has 0 bridgehead atoms. The standard InChI is InChI=1S/C20H24N2O2S/c1-12-11-13(7-8-14(12)17(23)24)22(6)18-21-15-16(25-18)20(4,5)10-9-19(15,2)3/h7-11H,1-6H3,(H,23,24). The van der Waals surface area contributed by atoms with Gasteiger partial charge in [0.05, 0.1) is 11.3 Å². The highest BCUT2D eigenvalue weighted by molar-refractivity contribution is 7.16. The van der Waals surface area contributed by atoms with Gasteiger partial charge in [0.2, 0.25) is 0 Å². The average molecular weight is 356 g/mol. The normalized spacial score (nSPS) is 17.2. The number of nitrogens with zero attached hydrogens (tertiary/aromatic N) is 2. The number of benzene rings is 1. The van der Waals surface area contributed by atoms with E-state index in [1.54, 1.807) is 17.4 Å². The van der Waals surface area contributed by atoms with Crippen molar-refractivity contribution < 1.29 is 9.90 Å². The predicted octanol–water partition coefficient (Wildman–Crippen LogP) is 5.04. The third-order valence-electron chi connectivity index (χ3n) is 4.84.